The van der Waals surface area contributed by atoms with Crippen molar-refractivity contribution in [1.82, 2.24) is 20.6 Å². The molecule has 2 amide bonds. The van der Waals surface area contributed by atoms with Crippen LogP contribution in [0.25, 0.3) is 0 Å². The molecule has 0 radical (unpaired) electrons. The molecule has 0 spiro atoms. The number of hydrogen-bond acceptors (Lipinski definition) is 4. The van der Waals surface area contributed by atoms with E-state index in [-0.39, 0.29) is 11.8 Å². The van der Waals surface area contributed by atoms with E-state index in [9.17, 15) is 9.59 Å². The Bertz CT molecular complexity index is 523. The average Bonchev–Trinajstić information content (AvgIpc) is 2.73. The van der Waals surface area contributed by atoms with Crippen LogP contribution < -0.4 is 10.6 Å². The van der Waals surface area contributed by atoms with Crippen molar-refractivity contribution in [1.29, 1.82) is 0 Å². The lowest BCUT2D eigenvalue weighted by atomic mass is 10.0. The van der Waals surface area contributed by atoms with Crippen LogP contribution in [0.3, 0.4) is 0 Å². The molecule has 28 heavy (non-hydrogen) atoms. The fraction of sp³-hybridized carbons (Fsp3) is 0.727. The third kappa shape index (κ3) is 14.1. The lowest BCUT2D eigenvalue weighted by molar-refractivity contribution is -0.121. The topological polar surface area (TPSA) is 84.0 Å². The molecular formula is C22H38N4O2. The highest BCUT2D eigenvalue weighted by Gasteiger charge is 2.02. The van der Waals surface area contributed by atoms with E-state index < -0.39 is 0 Å². The molecule has 0 atom stereocenters. The number of nitrogens with zero attached hydrogens (tertiary/aromatic N) is 2. The Morgan fingerprint density at radius 2 is 1.25 bits per heavy atom. The van der Waals surface area contributed by atoms with Crippen molar-refractivity contribution in [3.8, 4) is 0 Å². The number of nitrogens with one attached hydrogen (secondary N) is 2. The Labute approximate surface area is 170 Å². The minimum atomic E-state index is 0.0981. The fourth-order valence-electron chi connectivity index (χ4n) is 3.16. The van der Waals surface area contributed by atoms with Gasteiger partial charge in [0.1, 0.15) is 0 Å². The molecule has 0 aliphatic heterocycles. The normalized spacial score (nSPS) is 10.6. The molecule has 2 N–H and O–H groups in total. The minimum absolute atomic E-state index is 0.0981. The number of aromatic nitrogens is 2. The van der Waals surface area contributed by atoms with E-state index in [1.807, 2.05) is 0 Å². The second-order valence-corrected chi connectivity index (χ2v) is 7.39. The Balaban J connectivity index is 1.78. The number of hydrogen-bond donors (Lipinski definition) is 2. The van der Waals surface area contributed by atoms with Crippen molar-refractivity contribution in [2.45, 2.75) is 96.4 Å². The summed E-state index contributed by atoms with van der Waals surface area (Å²) in [5, 5.41) is 5.55. The summed E-state index contributed by atoms with van der Waals surface area (Å²) in [5.41, 5.74) is 0.791. The van der Waals surface area contributed by atoms with E-state index in [0.29, 0.717) is 19.4 Å². The number of carbonyl (C=O) groups is 2. The monoisotopic (exact) mass is 390 g/mol. The third-order valence-corrected chi connectivity index (χ3v) is 4.92. The number of unbranched alkanes of at least 4 members (excludes halogenated alkanes) is 11. The molecule has 0 aromatic carbocycles. The Morgan fingerprint density at radius 3 is 1.71 bits per heavy atom. The molecule has 6 nitrogen and oxygen atoms in total. The summed E-state index contributed by atoms with van der Waals surface area (Å²) in [6.45, 7) is 0.459. The maximum absolute atomic E-state index is 11.8. The lowest BCUT2D eigenvalue weighted by Crippen LogP contribution is -2.22. The molecule has 0 aliphatic rings. The van der Waals surface area contributed by atoms with Gasteiger partial charge in [-0.15, -0.1) is 0 Å². The smallest absolute Gasteiger partial charge is 0.220 e. The van der Waals surface area contributed by atoms with Crippen molar-refractivity contribution < 1.29 is 9.59 Å². The first-order valence-electron chi connectivity index (χ1n) is 10.9. The number of rotatable bonds is 17. The van der Waals surface area contributed by atoms with Crippen LogP contribution in [0, 0.1) is 0 Å². The minimum Gasteiger partial charge on any atom is -0.359 e. The molecule has 158 valence electrons. The van der Waals surface area contributed by atoms with Crippen molar-refractivity contribution >= 4 is 11.8 Å². The predicted molar refractivity (Wildman–Crippen MR) is 113 cm³/mol. The van der Waals surface area contributed by atoms with E-state index in [1.165, 1.54) is 57.8 Å². The Morgan fingerprint density at radius 1 is 0.750 bits per heavy atom. The molecule has 1 aromatic heterocycles. The molecule has 6 heteroatoms. The van der Waals surface area contributed by atoms with Gasteiger partial charge >= 0.3 is 0 Å². The van der Waals surface area contributed by atoms with Crippen molar-refractivity contribution in [2.24, 2.45) is 0 Å². The largest absolute Gasteiger partial charge is 0.359 e. The third-order valence-electron chi connectivity index (χ3n) is 4.92. The van der Waals surface area contributed by atoms with Crippen molar-refractivity contribution in [3.63, 3.8) is 0 Å². The van der Waals surface area contributed by atoms with Crippen LogP contribution in [0.1, 0.15) is 95.6 Å². The van der Waals surface area contributed by atoms with E-state index in [1.54, 1.807) is 25.6 Å². The highest BCUT2D eigenvalue weighted by Crippen LogP contribution is 2.13. The standard InChI is InChI=1S/C22H38N4O2/c1-23-21(27)14-12-10-8-6-4-2-3-5-7-9-11-13-15-22(28)26-19-20-18-24-16-17-25-20/h16-18H,2-15,19H2,1H3,(H,23,27)(H,26,28). The molecule has 1 rings (SSSR count). The van der Waals surface area contributed by atoms with Crippen LogP contribution in [0.2, 0.25) is 0 Å². The summed E-state index contributed by atoms with van der Waals surface area (Å²) in [7, 11) is 1.70. The average molecular weight is 391 g/mol. The fourth-order valence-corrected chi connectivity index (χ4v) is 3.16. The quantitative estimate of drug-likeness (QED) is 0.388. The van der Waals surface area contributed by atoms with Crippen LogP contribution in [-0.2, 0) is 16.1 Å². The zero-order valence-electron chi connectivity index (χ0n) is 17.5. The summed E-state index contributed by atoms with van der Waals surface area (Å²) in [5.74, 6) is 0.253. The Hall–Kier alpha value is -1.98. The van der Waals surface area contributed by atoms with E-state index >= 15 is 0 Å². The molecule has 0 bridgehead atoms. The molecular weight excluding hydrogens is 352 g/mol. The van der Waals surface area contributed by atoms with Gasteiger partial charge in [-0.05, 0) is 12.8 Å². The van der Waals surface area contributed by atoms with Gasteiger partial charge in [0.2, 0.25) is 11.8 Å². The first kappa shape index (κ1) is 24.1. The van der Waals surface area contributed by atoms with Gasteiger partial charge in [-0.25, -0.2) is 0 Å². The van der Waals surface area contributed by atoms with Crippen molar-refractivity contribution in [3.05, 3.63) is 24.3 Å². The van der Waals surface area contributed by atoms with Crippen molar-refractivity contribution in [2.75, 3.05) is 7.05 Å². The second kappa shape index (κ2) is 17.1. The zero-order valence-corrected chi connectivity index (χ0v) is 17.5. The van der Waals surface area contributed by atoms with E-state index in [4.69, 9.17) is 0 Å². The molecule has 0 saturated heterocycles. The van der Waals surface area contributed by atoms with Gasteiger partial charge in [0.25, 0.3) is 0 Å². The summed E-state index contributed by atoms with van der Waals surface area (Å²) in [6, 6.07) is 0. The van der Waals surface area contributed by atoms with Gasteiger partial charge in [-0.2, -0.15) is 0 Å². The SMILES string of the molecule is CNC(=O)CCCCCCCCCCCCCCC(=O)NCc1cnccn1. The van der Waals surface area contributed by atoms with Gasteiger partial charge < -0.3 is 10.6 Å². The van der Waals surface area contributed by atoms with Crippen LogP contribution in [-0.4, -0.2) is 28.8 Å². The number of carbonyl (C=O) groups excluding carboxylic acids is 2. The van der Waals surface area contributed by atoms with Crippen LogP contribution in [0.4, 0.5) is 0 Å². The molecule has 0 fully saturated rings. The van der Waals surface area contributed by atoms with E-state index in [0.717, 1.165) is 25.0 Å². The molecule has 1 aromatic rings. The lowest BCUT2D eigenvalue weighted by Gasteiger charge is -2.05. The summed E-state index contributed by atoms with van der Waals surface area (Å²) < 4.78 is 0. The first-order chi connectivity index (χ1) is 13.7. The summed E-state index contributed by atoms with van der Waals surface area (Å²) >= 11 is 0. The maximum Gasteiger partial charge on any atom is 0.220 e. The first-order valence-corrected chi connectivity index (χ1v) is 10.9. The van der Waals surface area contributed by atoms with Crippen LogP contribution >= 0.6 is 0 Å². The van der Waals surface area contributed by atoms with Gasteiger partial charge in [-0.1, -0.05) is 64.2 Å². The van der Waals surface area contributed by atoms with Gasteiger partial charge in [-0.3, -0.25) is 19.6 Å². The van der Waals surface area contributed by atoms with Crippen LogP contribution in [0.5, 0.6) is 0 Å². The highest BCUT2D eigenvalue weighted by atomic mass is 16.2. The van der Waals surface area contributed by atoms with Crippen LogP contribution in [0.15, 0.2) is 18.6 Å². The maximum atomic E-state index is 11.8. The molecule has 0 unspecified atom stereocenters. The molecule has 0 aliphatic carbocycles. The molecule has 0 saturated carbocycles. The molecule has 1 heterocycles. The Kier molecular flexibility index (Phi) is 14.7. The van der Waals surface area contributed by atoms with Gasteiger partial charge in [0, 0.05) is 32.3 Å². The van der Waals surface area contributed by atoms with Gasteiger partial charge in [0.05, 0.1) is 18.4 Å². The zero-order chi connectivity index (χ0) is 20.3. The number of amides is 2. The summed E-state index contributed by atoms with van der Waals surface area (Å²) in [4.78, 5) is 31.0. The predicted octanol–water partition coefficient (Wildman–Crippen LogP) is 4.30. The van der Waals surface area contributed by atoms with Gasteiger partial charge in [0.15, 0.2) is 0 Å². The second-order valence-electron chi connectivity index (χ2n) is 7.39. The summed E-state index contributed by atoms with van der Waals surface area (Å²) in [6.07, 6.45) is 20.7. The highest BCUT2D eigenvalue weighted by molar-refractivity contribution is 5.75. The van der Waals surface area contributed by atoms with E-state index in [2.05, 4.69) is 20.6 Å².